The molecule has 6 heteroatoms. The van der Waals surface area contributed by atoms with Gasteiger partial charge in [0.1, 0.15) is 11.2 Å². The number of anilines is 1. The van der Waals surface area contributed by atoms with E-state index in [9.17, 15) is 9.59 Å². The van der Waals surface area contributed by atoms with Gasteiger partial charge in [0.25, 0.3) is 0 Å². The van der Waals surface area contributed by atoms with Gasteiger partial charge in [-0.15, -0.1) is 0 Å². The van der Waals surface area contributed by atoms with Crippen LogP contribution >= 0.6 is 0 Å². The molecule has 1 heterocycles. The first-order valence-corrected chi connectivity index (χ1v) is 9.26. The lowest BCUT2D eigenvalue weighted by Gasteiger charge is -2.07. The Morgan fingerprint density at radius 2 is 1.67 bits per heavy atom. The van der Waals surface area contributed by atoms with Gasteiger partial charge < -0.3 is 19.2 Å². The van der Waals surface area contributed by atoms with E-state index in [2.05, 4.69) is 5.32 Å². The molecule has 0 bridgehead atoms. The summed E-state index contributed by atoms with van der Waals surface area (Å²) >= 11 is 0. The van der Waals surface area contributed by atoms with Crippen LogP contribution in [0.1, 0.15) is 5.56 Å². The fourth-order valence-electron chi connectivity index (χ4n) is 3.19. The number of hydrogen-bond donors (Lipinski definition) is 1. The highest BCUT2D eigenvalue weighted by atomic mass is 16.5. The quantitative estimate of drug-likeness (QED) is 0.390. The second-order valence-corrected chi connectivity index (χ2v) is 6.58. The van der Waals surface area contributed by atoms with Gasteiger partial charge in [0, 0.05) is 17.8 Å². The van der Waals surface area contributed by atoms with Gasteiger partial charge in [-0.25, -0.2) is 0 Å². The molecule has 4 rings (SSSR count). The minimum atomic E-state index is -0.313. The lowest BCUT2D eigenvalue weighted by atomic mass is 10.1. The molecule has 0 unspecified atom stereocenters. The summed E-state index contributed by atoms with van der Waals surface area (Å²) in [5.74, 6) is 0.883. The molecule has 1 amide bonds. The number of hydrogen-bond acceptors (Lipinski definition) is 5. The van der Waals surface area contributed by atoms with Crippen LogP contribution in [0, 0.1) is 0 Å². The minimum absolute atomic E-state index is 0.0990. The Kier molecular flexibility index (Phi) is 5.22. The summed E-state index contributed by atoms with van der Waals surface area (Å²) in [4.78, 5) is 24.9. The topological polar surface area (TPSA) is 77.8 Å². The maximum atomic E-state index is 12.6. The van der Waals surface area contributed by atoms with Gasteiger partial charge in [0.15, 0.2) is 11.5 Å². The predicted molar refractivity (Wildman–Crippen MR) is 117 cm³/mol. The maximum absolute atomic E-state index is 12.6. The van der Waals surface area contributed by atoms with E-state index in [1.165, 1.54) is 6.08 Å². The number of ether oxygens (including phenoxy) is 2. The second-order valence-electron chi connectivity index (χ2n) is 6.58. The van der Waals surface area contributed by atoms with Crippen LogP contribution in [0.2, 0.25) is 0 Å². The average molecular weight is 401 g/mol. The number of rotatable bonds is 5. The largest absolute Gasteiger partial charge is 0.493 e. The lowest BCUT2D eigenvalue weighted by Crippen LogP contribution is -2.08. The Bertz CT molecular complexity index is 1340. The van der Waals surface area contributed by atoms with Crippen molar-refractivity contribution < 1.29 is 18.7 Å². The van der Waals surface area contributed by atoms with Crippen molar-refractivity contribution in [2.45, 2.75) is 0 Å². The normalized spacial score (nSPS) is 11.1. The highest BCUT2D eigenvalue weighted by Crippen LogP contribution is 2.28. The molecule has 150 valence electrons. The van der Waals surface area contributed by atoms with Crippen molar-refractivity contribution in [2.75, 3.05) is 19.5 Å². The fourth-order valence-corrected chi connectivity index (χ4v) is 3.19. The molecule has 0 saturated carbocycles. The number of fused-ring (bicyclic) bond motifs is 2. The molecule has 0 saturated heterocycles. The van der Waals surface area contributed by atoms with Crippen LogP contribution in [0.3, 0.4) is 0 Å². The molecule has 6 nitrogen and oxygen atoms in total. The third-order valence-electron chi connectivity index (χ3n) is 4.68. The Hall–Kier alpha value is -4.06. The van der Waals surface area contributed by atoms with E-state index in [1.807, 2.05) is 12.1 Å². The van der Waals surface area contributed by atoms with Crippen molar-refractivity contribution in [1.82, 2.24) is 0 Å². The molecule has 0 spiro atoms. The molecule has 0 aliphatic rings. The number of carbonyl (C=O) groups is 1. The summed E-state index contributed by atoms with van der Waals surface area (Å²) in [6.45, 7) is 0. The Morgan fingerprint density at radius 3 is 2.47 bits per heavy atom. The number of nitrogens with one attached hydrogen (secondary N) is 1. The monoisotopic (exact) mass is 401 g/mol. The molecule has 0 atom stereocenters. The Balaban J connectivity index is 1.56. The molecule has 0 aliphatic carbocycles. The summed E-state index contributed by atoms with van der Waals surface area (Å²) < 4.78 is 16.3. The number of amides is 1. The lowest BCUT2D eigenvalue weighted by molar-refractivity contribution is -0.111. The number of methoxy groups -OCH3 is 2. The van der Waals surface area contributed by atoms with Gasteiger partial charge in [0.05, 0.1) is 25.0 Å². The summed E-state index contributed by atoms with van der Waals surface area (Å²) in [6, 6.07) is 17.4. The Morgan fingerprint density at radius 1 is 0.900 bits per heavy atom. The van der Waals surface area contributed by atoms with Gasteiger partial charge >= 0.3 is 0 Å². The van der Waals surface area contributed by atoms with E-state index >= 15 is 0 Å². The molecule has 1 aromatic heterocycles. The van der Waals surface area contributed by atoms with Gasteiger partial charge in [-0.2, -0.15) is 0 Å². The molecule has 0 aliphatic heterocycles. The third kappa shape index (κ3) is 3.75. The average Bonchev–Trinajstić information content (AvgIpc) is 2.77. The zero-order valence-electron chi connectivity index (χ0n) is 16.5. The van der Waals surface area contributed by atoms with Crippen LogP contribution in [-0.2, 0) is 4.79 Å². The smallest absolute Gasteiger partial charge is 0.248 e. The fraction of sp³-hybridized carbons (Fsp3) is 0.0833. The molecular weight excluding hydrogens is 382 g/mol. The van der Waals surface area contributed by atoms with Crippen LogP contribution in [0.4, 0.5) is 5.69 Å². The van der Waals surface area contributed by atoms with E-state index in [1.54, 1.807) is 68.8 Å². The van der Waals surface area contributed by atoms with Crippen molar-refractivity contribution in [3.8, 4) is 11.5 Å². The highest BCUT2D eigenvalue weighted by Gasteiger charge is 2.09. The van der Waals surface area contributed by atoms with E-state index in [0.717, 1.165) is 5.56 Å². The first-order valence-electron chi connectivity index (χ1n) is 9.26. The van der Waals surface area contributed by atoms with Crippen LogP contribution < -0.4 is 20.2 Å². The second kappa shape index (κ2) is 8.13. The van der Waals surface area contributed by atoms with Crippen molar-refractivity contribution in [3.63, 3.8) is 0 Å². The molecular formula is C24H19NO5. The minimum Gasteiger partial charge on any atom is -0.493 e. The summed E-state index contributed by atoms with van der Waals surface area (Å²) in [6.07, 6.45) is 3.09. The predicted octanol–water partition coefficient (Wildman–Crippen LogP) is 4.62. The zero-order valence-corrected chi connectivity index (χ0v) is 16.5. The van der Waals surface area contributed by atoms with Gasteiger partial charge in [-0.3, -0.25) is 9.59 Å². The first kappa shape index (κ1) is 19.3. The van der Waals surface area contributed by atoms with Crippen molar-refractivity contribution in [1.29, 1.82) is 0 Å². The molecule has 3 aromatic carbocycles. The van der Waals surface area contributed by atoms with Crippen LogP contribution in [0.25, 0.3) is 28.0 Å². The highest BCUT2D eigenvalue weighted by molar-refractivity contribution is 6.03. The Labute approximate surface area is 172 Å². The van der Waals surface area contributed by atoms with E-state index in [0.29, 0.717) is 39.1 Å². The van der Waals surface area contributed by atoms with Gasteiger partial charge in [0.2, 0.25) is 11.3 Å². The zero-order chi connectivity index (χ0) is 21.1. The van der Waals surface area contributed by atoms with Crippen LogP contribution in [0.5, 0.6) is 11.5 Å². The number of carbonyl (C=O) groups excluding carboxylic acids is 1. The number of para-hydroxylation sites is 1. The van der Waals surface area contributed by atoms with Gasteiger partial charge in [-0.05, 0) is 48.0 Å². The van der Waals surface area contributed by atoms with Crippen molar-refractivity contribution in [2.24, 2.45) is 0 Å². The van der Waals surface area contributed by atoms with Crippen molar-refractivity contribution >= 4 is 39.6 Å². The standard InChI is InChI=1S/C24H19NO5/c1-28-20-11-7-15(13-22(20)29-2)8-12-23(26)25-16-9-10-18-21(14-16)30-19-6-4-3-5-17(19)24(18)27/h3-14H,1-2H3,(H,25,26). The summed E-state index contributed by atoms with van der Waals surface area (Å²) in [5, 5.41) is 3.77. The maximum Gasteiger partial charge on any atom is 0.248 e. The molecule has 30 heavy (non-hydrogen) atoms. The SMILES string of the molecule is COc1ccc(C=CC(=O)Nc2ccc3c(=O)c4ccccc4oc3c2)cc1OC. The van der Waals surface area contributed by atoms with E-state index in [4.69, 9.17) is 13.9 Å². The molecule has 1 N–H and O–H groups in total. The van der Waals surface area contributed by atoms with E-state index < -0.39 is 0 Å². The third-order valence-corrected chi connectivity index (χ3v) is 4.68. The van der Waals surface area contributed by atoms with E-state index in [-0.39, 0.29) is 11.3 Å². The van der Waals surface area contributed by atoms with Crippen LogP contribution in [0.15, 0.2) is 76.0 Å². The van der Waals surface area contributed by atoms with Crippen LogP contribution in [-0.4, -0.2) is 20.1 Å². The van der Waals surface area contributed by atoms with Crippen molar-refractivity contribution in [3.05, 3.63) is 82.5 Å². The molecule has 0 fully saturated rings. The summed E-state index contributed by atoms with van der Waals surface area (Å²) in [7, 11) is 3.12. The van der Waals surface area contributed by atoms with Gasteiger partial charge in [-0.1, -0.05) is 18.2 Å². The molecule has 0 radical (unpaired) electrons. The molecule has 4 aromatic rings. The first-order chi connectivity index (χ1) is 14.6. The summed E-state index contributed by atoms with van der Waals surface area (Å²) in [5.41, 5.74) is 2.15. The number of benzene rings is 3.